The first-order valence-electron chi connectivity index (χ1n) is 5.01. The number of carbonyl (C=O) groups excluding carboxylic acids is 1. The quantitative estimate of drug-likeness (QED) is 0.792. The number of urea groups is 1. The van der Waals surface area contributed by atoms with E-state index in [4.69, 9.17) is 0 Å². The van der Waals surface area contributed by atoms with Gasteiger partial charge in [0.2, 0.25) is 0 Å². The van der Waals surface area contributed by atoms with Crippen molar-refractivity contribution in [3.05, 3.63) is 30.3 Å². The highest BCUT2D eigenvalue weighted by atomic mass is 32.2. The molecule has 0 aliphatic carbocycles. The summed E-state index contributed by atoms with van der Waals surface area (Å²) in [6.07, 6.45) is 0. The summed E-state index contributed by atoms with van der Waals surface area (Å²) < 4.78 is 0. The minimum Gasteiger partial charge on any atom is -0.312 e. The number of hydrogen-bond acceptors (Lipinski definition) is 2. The summed E-state index contributed by atoms with van der Waals surface area (Å²) in [7, 11) is 0. The van der Waals surface area contributed by atoms with Crippen LogP contribution in [0.25, 0.3) is 0 Å². The molecular formula is C11H14N2OS. The number of amides is 2. The molecule has 3 nitrogen and oxygen atoms in total. The van der Waals surface area contributed by atoms with E-state index in [2.05, 4.69) is 12.2 Å². The Hall–Kier alpha value is -1.16. The second-order valence-corrected chi connectivity index (χ2v) is 4.88. The maximum Gasteiger partial charge on any atom is 0.322 e. The van der Waals surface area contributed by atoms with Gasteiger partial charge in [-0.25, -0.2) is 4.79 Å². The first-order chi connectivity index (χ1) is 7.27. The van der Waals surface area contributed by atoms with E-state index in [-0.39, 0.29) is 11.4 Å². The van der Waals surface area contributed by atoms with Crippen molar-refractivity contribution in [2.24, 2.45) is 0 Å². The molecule has 0 aromatic heterocycles. The first-order valence-corrected chi connectivity index (χ1v) is 6.06. The first kappa shape index (κ1) is 10.4. The second kappa shape index (κ2) is 4.57. The third-order valence-corrected chi connectivity index (χ3v) is 3.57. The van der Waals surface area contributed by atoms with Crippen molar-refractivity contribution in [2.45, 2.75) is 12.3 Å². The third-order valence-electron chi connectivity index (χ3n) is 2.42. The Morgan fingerprint density at radius 2 is 2.20 bits per heavy atom. The lowest BCUT2D eigenvalue weighted by molar-refractivity contribution is 0.216. The molecule has 2 amide bonds. The monoisotopic (exact) mass is 222 g/mol. The van der Waals surface area contributed by atoms with Gasteiger partial charge in [0.15, 0.2) is 0 Å². The number of hydrogen-bond donors (Lipinski definition) is 1. The Balaban J connectivity index is 1.98. The zero-order valence-corrected chi connectivity index (χ0v) is 9.46. The number of rotatable bonds is 1. The maximum absolute atomic E-state index is 11.8. The number of nitrogens with one attached hydrogen (secondary N) is 1. The van der Waals surface area contributed by atoms with E-state index in [0.29, 0.717) is 0 Å². The number of anilines is 1. The number of nitrogens with zero attached hydrogens (tertiary/aromatic N) is 1. The van der Waals surface area contributed by atoms with Crippen LogP contribution < -0.4 is 5.32 Å². The molecule has 1 aromatic rings. The Labute approximate surface area is 93.8 Å². The van der Waals surface area contributed by atoms with Crippen LogP contribution in [0.5, 0.6) is 0 Å². The van der Waals surface area contributed by atoms with Gasteiger partial charge in [0.25, 0.3) is 0 Å². The summed E-state index contributed by atoms with van der Waals surface area (Å²) in [6.45, 7) is 2.90. The zero-order chi connectivity index (χ0) is 10.7. The molecule has 15 heavy (non-hydrogen) atoms. The number of thioether (sulfide) groups is 1. The van der Waals surface area contributed by atoms with Gasteiger partial charge in [-0.05, 0) is 19.1 Å². The highest BCUT2D eigenvalue weighted by Crippen LogP contribution is 2.23. The molecule has 1 heterocycles. The van der Waals surface area contributed by atoms with Crippen LogP contribution in [0.15, 0.2) is 30.3 Å². The summed E-state index contributed by atoms with van der Waals surface area (Å²) in [5.41, 5.74) is 0.853. The van der Waals surface area contributed by atoms with E-state index < -0.39 is 0 Å². The average molecular weight is 222 g/mol. The molecular weight excluding hydrogens is 208 g/mol. The lowest BCUT2D eigenvalue weighted by Gasteiger charge is -2.20. The van der Waals surface area contributed by atoms with E-state index >= 15 is 0 Å². The minimum atomic E-state index is -0.00120. The van der Waals surface area contributed by atoms with Gasteiger partial charge in [0.1, 0.15) is 0 Å². The highest BCUT2D eigenvalue weighted by molar-refractivity contribution is 8.00. The van der Waals surface area contributed by atoms with E-state index in [0.717, 1.165) is 18.0 Å². The van der Waals surface area contributed by atoms with E-state index in [1.165, 1.54) is 0 Å². The van der Waals surface area contributed by atoms with Crippen molar-refractivity contribution < 1.29 is 4.79 Å². The minimum absolute atomic E-state index is 0.00120. The van der Waals surface area contributed by atoms with Crippen molar-refractivity contribution in [3.8, 4) is 0 Å². The molecule has 2 rings (SSSR count). The van der Waals surface area contributed by atoms with Gasteiger partial charge in [-0.1, -0.05) is 18.2 Å². The standard InChI is InChI=1S/C11H14N2OS/c1-9-13(7-8-15-9)11(14)12-10-5-3-2-4-6-10/h2-6,9H,7-8H2,1H3,(H,12,14)/t9-/m1/s1. The van der Waals surface area contributed by atoms with Crippen molar-refractivity contribution in [3.63, 3.8) is 0 Å². The molecule has 1 saturated heterocycles. The van der Waals surface area contributed by atoms with Crippen molar-refractivity contribution in [1.82, 2.24) is 4.90 Å². The van der Waals surface area contributed by atoms with Crippen molar-refractivity contribution >= 4 is 23.5 Å². The smallest absolute Gasteiger partial charge is 0.312 e. The summed E-state index contributed by atoms with van der Waals surface area (Å²) in [5, 5.41) is 3.17. The van der Waals surface area contributed by atoms with E-state index in [1.54, 1.807) is 0 Å². The Morgan fingerprint density at radius 1 is 1.47 bits per heavy atom. The molecule has 80 valence electrons. The number of benzene rings is 1. The molecule has 0 spiro atoms. The van der Waals surface area contributed by atoms with Gasteiger partial charge in [-0.3, -0.25) is 0 Å². The molecule has 0 unspecified atom stereocenters. The van der Waals surface area contributed by atoms with E-state index in [9.17, 15) is 4.79 Å². The molecule has 1 atom stereocenters. The van der Waals surface area contributed by atoms with Gasteiger partial charge in [0, 0.05) is 18.0 Å². The number of carbonyl (C=O) groups is 1. The molecule has 0 saturated carbocycles. The van der Waals surface area contributed by atoms with Gasteiger partial charge in [-0.15, -0.1) is 11.8 Å². The molecule has 1 N–H and O–H groups in total. The molecule has 1 fully saturated rings. The third kappa shape index (κ3) is 2.45. The van der Waals surface area contributed by atoms with Crippen LogP contribution in [0.1, 0.15) is 6.92 Å². The van der Waals surface area contributed by atoms with Crippen LogP contribution in [0.2, 0.25) is 0 Å². The van der Waals surface area contributed by atoms with Gasteiger partial charge >= 0.3 is 6.03 Å². The van der Waals surface area contributed by atoms with Gasteiger partial charge in [-0.2, -0.15) is 0 Å². The normalized spacial score (nSPS) is 20.3. The summed E-state index contributed by atoms with van der Waals surface area (Å²) in [6, 6.07) is 9.55. The lowest BCUT2D eigenvalue weighted by atomic mass is 10.3. The molecule has 4 heteroatoms. The molecule has 1 aromatic carbocycles. The second-order valence-electron chi connectivity index (χ2n) is 3.46. The van der Waals surface area contributed by atoms with Crippen LogP contribution in [0, 0.1) is 0 Å². The van der Waals surface area contributed by atoms with Gasteiger partial charge < -0.3 is 10.2 Å². The SMILES string of the molecule is C[C@H]1SCCN1C(=O)Nc1ccccc1. The molecule has 0 bridgehead atoms. The van der Waals surface area contributed by atoms with Crippen LogP contribution in [0.4, 0.5) is 10.5 Å². The highest BCUT2D eigenvalue weighted by Gasteiger charge is 2.25. The Morgan fingerprint density at radius 3 is 2.80 bits per heavy atom. The van der Waals surface area contributed by atoms with Gasteiger partial charge in [0.05, 0.1) is 5.37 Å². The zero-order valence-electron chi connectivity index (χ0n) is 8.64. The fraction of sp³-hybridized carbons (Fsp3) is 0.364. The lowest BCUT2D eigenvalue weighted by Crippen LogP contribution is -2.36. The fourth-order valence-electron chi connectivity index (χ4n) is 1.58. The Bertz CT molecular complexity index is 342. The van der Waals surface area contributed by atoms with Crippen molar-refractivity contribution in [1.29, 1.82) is 0 Å². The summed E-state index contributed by atoms with van der Waals surface area (Å²) in [4.78, 5) is 13.7. The largest absolute Gasteiger partial charge is 0.322 e. The Kier molecular flexibility index (Phi) is 3.16. The van der Waals surface area contributed by atoms with Crippen LogP contribution in [-0.2, 0) is 0 Å². The predicted molar refractivity (Wildman–Crippen MR) is 64.1 cm³/mol. The summed E-state index contributed by atoms with van der Waals surface area (Å²) >= 11 is 1.81. The number of para-hydroxylation sites is 1. The molecule has 1 aliphatic heterocycles. The topological polar surface area (TPSA) is 32.3 Å². The summed E-state index contributed by atoms with van der Waals surface area (Å²) in [5.74, 6) is 1.03. The van der Waals surface area contributed by atoms with Crippen molar-refractivity contribution in [2.75, 3.05) is 17.6 Å². The maximum atomic E-state index is 11.8. The predicted octanol–water partition coefficient (Wildman–Crippen LogP) is 2.61. The van der Waals surface area contributed by atoms with E-state index in [1.807, 2.05) is 47.0 Å². The average Bonchev–Trinajstić information content (AvgIpc) is 2.66. The van der Waals surface area contributed by atoms with Crippen LogP contribution in [-0.4, -0.2) is 28.6 Å². The van der Waals surface area contributed by atoms with Crippen LogP contribution >= 0.6 is 11.8 Å². The molecule has 0 radical (unpaired) electrons. The molecule has 1 aliphatic rings. The fourth-order valence-corrected chi connectivity index (χ4v) is 2.60. The van der Waals surface area contributed by atoms with Crippen LogP contribution in [0.3, 0.4) is 0 Å².